The van der Waals surface area contributed by atoms with Crippen LogP contribution in [0.1, 0.15) is 21.5 Å². The highest BCUT2D eigenvalue weighted by Gasteiger charge is 2.10. The molecule has 3 rings (SSSR count). The number of anilines is 1. The molecule has 28 heavy (non-hydrogen) atoms. The van der Waals surface area contributed by atoms with Crippen molar-refractivity contribution in [3.63, 3.8) is 0 Å². The number of carbonyl (C=O) groups is 1. The summed E-state index contributed by atoms with van der Waals surface area (Å²) in [6.07, 6.45) is 3.43. The summed E-state index contributed by atoms with van der Waals surface area (Å²) in [5.41, 5.74) is 3.34. The SMILES string of the molecule is COc1cccc(NC(=NCc2ccncc2)NC(=O)c2cccc(C)c2)c1. The number of amides is 1. The molecule has 0 aliphatic carbocycles. The molecule has 0 unspecified atom stereocenters. The summed E-state index contributed by atoms with van der Waals surface area (Å²) in [6.45, 7) is 2.35. The Hall–Kier alpha value is -3.67. The molecule has 6 heteroatoms. The Morgan fingerprint density at radius 2 is 1.86 bits per heavy atom. The van der Waals surface area contributed by atoms with Crippen molar-refractivity contribution in [3.8, 4) is 5.75 Å². The van der Waals surface area contributed by atoms with Gasteiger partial charge in [-0.1, -0.05) is 23.8 Å². The predicted octanol–water partition coefficient (Wildman–Crippen LogP) is 3.80. The number of pyridine rings is 1. The number of methoxy groups -OCH3 is 1. The Bertz CT molecular complexity index is 971. The molecule has 6 nitrogen and oxygen atoms in total. The van der Waals surface area contributed by atoms with Gasteiger partial charge in [0.25, 0.3) is 5.91 Å². The molecule has 0 saturated carbocycles. The van der Waals surface area contributed by atoms with E-state index in [2.05, 4.69) is 20.6 Å². The van der Waals surface area contributed by atoms with Gasteiger partial charge in [0, 0.05) is 29.7 Å². The van der Waals surface area contributed by atoms with Crippen molar-refractivity contribution in [2.24, 2.45) is 4.99 Å². The number of aryl methyl sites for hydroxylation is 1. The van der Waals surface area contributed by atoms with E-state index < -0.39 is 0 Å². The van der Waals surface area contributed by atoms with Crippen LogP contribution in [0.2, 0.25) is 0 Å². The van der Waals surface area contributed by atoms with E-state index in [1.807, 2.05) is 61.5 Å². The van der Waals surface area contributed by atoms with Crippen molar-refractivity contribution in [3.05, 3.63) is 89.7 Å². The summed E-state index contributed by atoms with van der Waals surface area (Å²) >= 11 is 0. The van der Waals surface area contributed by atoms with Gasteiger partial charge >= 0.3 is 0 Å². The number of nitrogens with zero attached hydrogens (tertiary/aromatic N) is 2. The van der Waals surface area contributed by atoms with Crippen molar-refractivity contribution in [1.82, 2.24) is 10.3 Å². The lowest BCUT2D eigenvalue weighted by Gasteiger charge is -2.13. The molecule has 0 atom stereocenters. The fourth-order valence-corrected chi connectivity index (χ4v) is 2.57. The minimum atomic E-state index is -0.229. The topological polar surface area (TPSA) is 75.6 Å². The van der Waals surface area contributed by atoms with E-state index in [1.54, 1.807) is 25.6 Å². The van der Waals surface area contributed by atoms with Crippen LogP contribution in [-0.4, -0.2) is 24.0 Å². The molecule has 2 N–H and O–H groups in total. The number of rotatable bonds is 5. The maximum atomic E-state index is 12.7. The third-order valence-corrected chi connectivity index (χ3v) is 4.01. The first-order valence-electron chi connectivity index (χ1n) is 8.86. The Kier molecular flexibility index (Phi) is 6.36. The fraction of sp³-hybridized carbons (Fsp3) is 0.136. The predicted molar refractivity (Wildman–Crippen MR) is 111 cm³/mol. The number of aliphatic imine (C=N–C) groups is 1. The van der Waals surface area contributed by atoms with E-state index in [0.29, 0.717) is 23.8 Å². The summed E-state index contributed by atoms with van der Waals surface area (Å²) in [4.78, 5) is 21.2. The highest BCUT2D eigenvalue weighted by molar-refractivity contribution is 6.10. The molecule has 2 aromatic carbocycles. The molecular weight excluding hydrogens is 352 g/mol. The largest absolute Gasteiger partial charge is 0.497 e. The van der Waals surface area contributed by atoms with Crippen LogP contribution < -0.4 is 15.4 Å². The molecule has 0 radical (unpaired) electrons. The second-order valence-corrected chi connectivity index (χ2v) is 6.20. The maximum absolute atomic E-state index is 12.7. The van der Waals surface area contributed by atoms with Gasteiger partial charge in [-0.05, 0) is 48.9 Å². The quantitative estimate of drug-likeness (QED) is 0.526. The van der Waals surface area contributed by atoms with Gasteiger partial charge in [0.15, 0.2) is 0 Å². The molecule has 0 bridgehead atoms. The molecule has 0 aliphatic rings. The third-order valence-electron chi connectivity index (χ3n) is 4.01. The monoisotopic (exact) mass is 374 g/mol. The zero-order valence-electron chi connectivity index (χ0n) is 15.8. The minimum Gasteiger partial charge on any atom is -0.497 e. The first kappa shape index (κ1) is 19.1. The summed E-state index contributed by atoms with van der Waals surface area (Å²) < 4.78 is 5.26. The molecule has 1 heterocycles. The molecule has 0 spiro atoms. The molecule has 0 saturated heterocycles. The second-order valence-electron chi connectivity index (χ2n) is 6.20. The van der Waals surface area contributed by atoms with Gasteiger partial charge in [-0.2, -0.15) is 0 Å². The van der Waals surface area contributed by atoms with Gasteiger partial charge in [0.2, 0.25) is 5.96 Å². The summed E-state index contributed by atoms with van der Waals surface area (Å²) in [5.74, 6) is 0.840. The van der Waals surface area contributed by atoms with E-state index in [1.165, 1.54) is 0 Å². The fourth-order valence-electron chi connectivity index (χ4n) is 2.57. The number of hydrogen-bond donors (Lipinski definition) is 2. The summed E-state index contributed by atoms with van der Waals surface area (Å²) in [6, 6.07) is 18.6. The van der Waals surface area contributed by atoms with Crippen LogP contribution in [0.25, 0.3) is 0 Å². The Morgan fingerprint density at radius 1 is 1.07 bits per heavy atom. The number of aromatic nitrogens is 1. The van der Waals surface area contributed by atoms with E-state index >= 15 is 0 Å². The number of carbonyl (C=O) groups excluding carboxylic acids is 1. The molecule has 1 amide bonds. The lowest BCUT2D eigenvalue weighted by atomic mass is 10.1. The molecule has 3 aromatic rings. The highest BCUT2D eigenvalue weighted by atomic mass is 16.5. The van der Waals surface area contributed by atoms with Crippen molar-refractivity contribution in [2.75, 3.05) is 12.4 Å². The Morgan fingerprint density at radius 3 is 2.61 bits per heavy atom. The van der Waals surface area contributed by atoms with Gasteiger partial charge in [-0.3, -0.25) is 15.1 Å². The van der Waals surface area contributed by atoms with E-state index in [4.69, 9.17) is 4.74 Å². The lowest BCUT2D eigenvalue weighted by molar-refractivity contribution is 0.0977. The maximum Gasteiger partial charge on any atom is 0.257 e. The average Bonchev–Trinajstić information content (AvgIpc) is 2.73. The molecule has 1 aromatic heterocycles. The van der Waals surface area contributed by atoms with Gasteiger partial charge in [0.1, 0.15) is 5.75 Å². The van der Waals surface area contributed by atoms with Gasteiger partial charge in [-0.15, -0.1) is 0 Å². The summed E-state index contributed by atoms with van der Waals surface area (Å²) in [7, 11) is 1.61. The van der Waals surface area contributed by atoms with Crippen LogP contribution in [0.3, 0.4) is 0 Å². The standard InChI is InChI=1S/C22H22N4O2/c1-16-5-3-6-18(13-16)21(27)26-22(24-15-17-9-11-23-12-10-17)25-19-7-4-8-20(14-19)28-2/h3-14H,15H2,1-2H3,(H2,24,25,26,27). The van der Waals surface area contributed by atoms with E-state index in [-0.39, 0.29) is 5.91 Å². The Labute approximate surface area is 164 Å². The second kappa shape index (κ2) is 9.32. The van der Waals surface area contributed by atoms with Crippen molar-refractivity contribution >= 4 is 17.6 Å². The number of benzene rings is 2. The van der Waals surface area contributed by atoms with Crippen LogP contribution in [0, 0.1) is 6.92 Å². The van der Waals surface area contributed by atoms with Gasteiger partial charge < -0.3 is 10.1 Å². The number of hydrogen-bond acceptors (Lipinski definition) is 4. The molecule has 0 aliphatic heterocycles. The van der Waals surface area contributed by atoms with Gasteiger partial charge in [0.05, 0.1) is 13.7 Å². The van der Waals surface area contributed by atoms with Crippen molar-refractivity contribution in [1.29, 1.82) is 0 Å². The smallest absolute Gasteiger partial charge is 0.257 e. The van der Waals surface area contributed by atoms with Crippen molar-refractivity contribution in [2.45, 2.75) is 13.5 Å². The average molecular weight is 374 g/mol. The highest BCUT2D eigenvalue weighted by Crippen LogP contribution is 2.16. The molecule has 0 fully saturated rings. The molecular formula is C22H22N4O2. The number of nitrogens with one attached hydrogen (secondary N) is 2. The van der Waals surface area contributed by atoms with Crippen LogP contribution in [0.4, 0.5) is 5.69 Å². The molecule has 142 valence electrons. The van der Waals surface area contributed by atoms with Gasteiger partial charge in [-0.25, -0.2) is 4.99 Å². The number of guanidine groups is 1. The minimum absolute atomic E-state index is 0.229. The number of ether oxygens (including phenoxy) is 1. The van der Waals surface area contributed by atoms with Crippen molar-refractivity contribution < 1.29 is 9.53 Å². The van der Waals surface area contributed by atoms with Crippen LogP contribution in [-0.2, 0) is 6.54 Å². The lowest BCUT2D eigenvalue weighted by Crippen LogP contribution is -2.36. The first-order chi connectivity index (χ1) is 13.6. The zero-order chi connectivity index (χ0) is 19.8. The third kappa shape index (κ3) is 5.41. The van der Waals surface area contributed by atoms with Crippen LogP contribution >= 0.6 is 0 Å². The summed E-state index contributed by atoms with van der Waals surface area (Å²) in [5, 5.41) is 6.02. The first-order valence-corrected chi connectivity index (χ1v) is 8.86. The van der Waals surface area contributed by atoms with Crippen LogP contribution in [0.15, 0.2) is 78.0 Å². The zero-order valence-corrected chi connectivity index (χ0v) is 15.8. The van der Waals surface area contributed by atoms with E-state index in [9.17, 15) is 4.79 Å². The Balaban J connectivity index is 1.81. The normalized spacial score (nSPS) is 11.0. The van der Waals surface area contributed by atoms with Crippen LogP contribution in [0.5, 0.6) is 5.75 Å². The van der Waals surface area contributed by atoms with E-state index in [0.717, 1.165) is 16.8 Å².